The number of alkyl halides is 3. The molecule has 3 aliphatic heterocycles. The van der Waals surface area contributed by atoms with Crippen molar-refractivity contribution in [3.05, 3.63) is 77.6 Å². The van der Waals surface area contributed by atoms with Gasteiger partial charge in [-0.05, 0) is 67.0 Å². The maximum Gasteiger partial charge on any atom is 0.429 e. The number of amides is 1. The van der Waals surface area contributed by atoms with Gasteiger partial charge in [0.2, 0.25) is 17.9 Å². The van der Waals surface area contributed by atoms with E-state index in [4.69, 9.17) is 15.2 Å². The fraction of sp³-hybridized carbons (Fsp3) is 0.447. The molecule has 1 unspecified atom stereocenters. The molecular weight excluding hydrogens is 719 g/mol. The number of carbonyl (C=O) groups excluding carboxylic acids is 1. The molecule has 1 amide bonds. The van der Waals surface area contributed by atoms with Crippen LogP contribution in [0, 0.1) is 12.3 Å². The van der Waals surface area contributed by atoms with Crippen LogP contribution in [0.5, 0.6) is 5.88 Å². The number of nitrogen functional groups attached to an aromatic ring is 1. The highest BCUT2D eigenvalue weighted by molar-refractivity contribution is 5.94. The molecule has 0 saturated carbocycles. The summed E-state index contributed by atoms with van der Waals surface area (Å²) in [6.07, 6.45) is -3.87. The number of nitrogens with one attached hydrogen (secondary N) is 2. The topological polar surface area (TPSA) is 173 Å². The van der Waals surface area contributed by atoms with Crippen molar-refractivity contribution in [2.75, 3.05) is 69.7 Å². The summed E-state index contributed by atoms with van der Waals surface area (Å²) in [6, 6.07) is 13.9. The number of anilines is 2. The Hall–Kier alpha value is -5.26. The molecule has 14 nitrogen and oxygen atoms in total. The first-order valence-corrected chi connectivity index (χ1v) is 18.3. The average molecular weight is 764 g/mol. The Bertz CT molecular complexity index is 1990. The highest BCUT2D eigenvalue weighted by Gasteiger charge is 2.46. The van der Waals surface area contributed by atoms with E-state index >= 15 is 13.2 Å². The third kappa shape index (κ3) is 8.84. The monoisotopic (exact) mass is 763 g/mol. The van der Waals surface area contributed by atoms with Crippen molar-refractivity contribution in [3.63, 3.8) is 0 Å². The molecule has 7 rings (SSSR count). The van der Waals surface area contributed by atoms with Gasteiger partial charge in [-0.1, -0.05) is 24.3 Å². The second-order valence-electron chi connectivity index (χ2n) is 14.4. The Morgan fingerprint density at radius 2 is 1.78 bits per heavy atom. The van der Waals surface area contributed by atoms with Gasteiger partial charge in [0.1, 0.15) is 11.9 Å². The number of carboxylic acid groups (broad SMARTS) is 1. The predicted molar refractivity (Wildman–Crippen MR) is 197 cm³/mol. The van der Waals surface area contributed by atoms with E-state index in [0.29, 0.717) is 86.9 Å². The van der Waals surface area contributed by atoms with Crippen molar-refractivity contribution in [1.82, 2.24) is 35.3 Å². The van der Waals surface area contributed by atoms with Crippen LogP contribution >= 0.6 is 0 Å². The van der Waals surface area contributed by atoms with Crippen LogP contribution in [0.25, 0.3) is 16.8 Å². The zero-order valence-electron chi connectivity index (χ0n) is 30.4. The molecule has 292 valence electrons. The number of piperidine rings is 1. The van der Waals surface area contributed by atoms with Crippen LogP contribution in [0.4, 0.5) is 24.9 Å². The van der Waals surface area contributed by atoms with E-state index in [2.05, 4.69) is 30.6 Å². The van der Waals surface area contributed by atoms with Gasteiger partial charge in [-0.3, -0.25) is 14.5 Å². The Labute approximate surface area is 315 Å². The number of rotatable bonds is 11. The number of aromatic nitrogens is 4. The van der Waals surface area contributed by atoms with Gasteiger partial charge in [-0.2, -0.15) is 28.2 Å². The van der Waals surface area contributed by atoms with Crippen molar-refractivity contribution in [2.45, 2.75) is 44.5 Å². The Morgan fingerprint density at radius 3 is 2.44 bits per heavy atom. The third-order valence-electron chi connectivity index (χ3n) is 10.6. The summed E-state index contributed by atoms with van der Waals surface area (Å²) in [6.45, 7) is 7.57. The molecule has 2 aromatic heterocycles. The molecule has 5 N–H and O–H groups in total. The van der Waals surface area contributed by atoms with E-state index in [9.17, 15) is 14.7 Å². The smallest absolute Gasteiger partial charge is 0.429 e. The maximum absolute atomic E-state index is 15.0. The Morgan fingerprint density at radius 1 is 1.05 bits per heavy atom. The average Bonchev–Trinajstić information content (AvgIpc) is 3.80. The van der Waals surface area contributed by atoms with E-state index in [-0.39, 0.29) is 34.4 Å². The Kier molecular flexibility index (Phi) is 11.0. The first kappa shape index (κ1) is 38.0. The van der Waals surface area contributed by atoms with Crippen molar-refractivity contribution in [1.29, 1.82) is 0 Å². The van der Waals surface area contributed by atoms with Gasteiger partial charge in [0.15, 0.2) is 0 Å². The number of carboxylic acids is 1. The van der Waals surface area contributed by atoms with Crippen molar-refractivity contribution in [3.8, 4) is 22.7 Å². The molecule has 5 heterocycles. The third-order valence-corrected chi connectivity index (χ3v) is 10.6. The number of hydrogen-bond donors (Lipinski definition) is 4. The standard InChI is InChI=1S/C38H44F3N9O5/c1-24-8-12-50(47-24)30-20-27(25-2-4-26(5-3-25)34(51)43-11-15-48-16-18-54-19-17-48)6-7-28(30)33(38(39,40)41)55-32-21-31(45-36(42)46-32)49-13-9-37(10-14-49)22-29(35(52)53)44-23-37/h2-8,12,20-21,29,33,44H,9-11,13-19,22-23H2,1H3,(H,43,51)(H,52,53)(H2,42,45,46)/t29?,33-/m1/s1. The summed E-state index contributed by atoms with van der Waals surface area (Å²) in [5, 5.41) is 19.9. The molecule has 0 bridgehead atoms. The Balaban J connectivity index is 1.10. The molecule has 3 fully saturated rings. The highest BCUT2D eigenvalue weighted by Crippen LogP contribution is 2.43. The van der Waals surface area contributed by atoms with Crippen LogP contribution in [0.1, 0.15) is 47.0 Å². The fourth-order valence-electron chi connectivity index (χ4n) is 7.52. The zero-order valence-corrected chi connectivity index (χ0v) is 30.4. The molecule has 3 aliphatic rings. The number of nitrogens with two attached hydrogens (primary N) is 1. The lowest BCUT2D eigenvalue weighted by Crippen LogP contribution is -2.41. The van der Waals surface area contributed by atoms with Gasteiger partial charge >= 0.3 is 12.1 Å². The summed E-state index contributed by atoms with van der Waals surface area (Å²) in [4.78, 5) is 36.8. The minimum atomic E-state index is -4.87. The number of morpholine rings is 1. The van der Waals surface area contributed by atoms with E-state index in [1.165, 1.54) is 16.8 Å². The molecule has 3 saturated heterocycles. The largest absolute Gasteiger partial charge is 0.480 e. The highest BCUT2D eigenvalue weighted by atomic mass is 19.4. The van der Waals surface area contributed by atoms with Gasteiger partial charge in [0.05, 0.1) is 24.6 Å². The molecule has 2 atom stereocenters. The van der Waals surface area contributed by atoms with Gasteiger partial charge in [0, 0.05) is 69.2 Å². The number of nitrogens with zero attached hydrogens (tertiary/aromatic N) is 6. The van der Waals surface area contributed by atoms with E-state index in [0.717, 1.165) is 19.6 Å². The zero-order chi connectivity index (χ0) is 38.7. The normalized spacial score (nSPS) is 19.3. The van der Waals surface area contributed by atoms with Crippen LogP contribution in [-0.4, -0.2) is 113 Å². The maximum atomic E-state index is 15.0. The number of aryl methyl sites for hydroxylation is 1. The number of halogens is 3. The molecule has 17 heteroatoms. The number of benzene rings is 2. The lowest BCUT2D eigenvalue weighted by Gasteiger charge is -2.39. The number of aliphatic carboxylic acids is 1. The van der Waals surface area contributed by atoms with Crippen LogP contribution in [-0.2, 0) is 9.53 Å². The second-order valence-corrected chi connectivity index (χ2v) is 14.4. The van der Waals surface area contributed by atoms with E-state index in [1.807, 2.05) is 4.90 Å². The van der Waals surface area contributed by atoms with Crippen molar-refractivity contribution in [2.24, 2.45) is 5.41 Å². The molecule has 55 heavy (non-hydrogen) atoms. The van der Waals surface area contributed by atoms with Gasteiger partial charge < -0.3 is 35.8 Å². The van der Waals surface area contributed by atoms with Crippen molar-refractivity contribution >= 4 is 23.6 Å². The minimum absolute atomic E-state index is 0.145. The van der Waals surface area contributed by atoms with Crippen LogP contribution in [0.2, 0.25) is 0 Å². The molecule has 2 aromatic carbocycles. The van der Waals surface area contributed by atoms with Crippen LogP contribution in [0.3, 0.4) is 0 Å². The first-order valence-electron chi connectivity index (χ1n) is 18.3. The summed E-state index contributed by atoms with van der Waals surface area (Å²) >= 11 is 0. The minimum Gasteiger partial charge on any atom is -0.480 e. The number of hydrogen-bond acceptors (Lipinski definition) is 11. The fourth-order valence-corrected chi connectivity index (χ4v) is 7.52. The summed E-state index contributed by atoms with van der Waals surface area (Å²) in [7, 11) is 0. The van der Waals surface area contributed by atoms with E-state index < -0.39 is 24.3 Å². The predicted octanol–water partition coefficient (Wildman–Crippen LogP) is 4.00. The molecular formula is C38H44F3N9O5. The molecule has 0 aliphatic carbocycles. The van der Waals surface area contributed by atoms with Gasteiger partial charge in [-0.15, -0.1) is 0 Å². The summed E-state index contributed by atoms with van der Waals surface area (Å²) in [5.41, 5.74) is 8.16. The first-order chi connectivity index (χ1) is 26.4. The lowest BCUT2D eigenvalue weighted by molar-refractivity contribution is -0.198. The molecule has 0 radical (unpaired) electrons. The van der Waals surface area contributed by atoms with Gasteiger partial charge in [0.25, 0.3) is 5.91 Å². The van der Waals surface area contributed by atoms with Crippen molar-refractivity contribution < 1.29 is 37.3 Å². The quantitative estimate of drug-likeness (QED) is 0.173. The summed E-state index contributed by atoms with van der Waals surface area (Å²) < 4.78 is 57.5. The molecule has 4 aromatic rings. The lowest BCUT2D eigenvalue weighted by atomic mass is 9.76. The number of ether oxygens (including phenoxy) is 2. The SMILES string of the molecule is Cc1ccn(-c2cc(-c3ccc(C(=O)NCCN4CCOCC4)cc3)ccc2[C@@H](Oc2cc(N3CCC4(CC3)CNC(C(=O)O)C4)nc(N)n2)C(F)(F)F)n1. The van der Waals surface area contributed by atoms with E-state index in [1.54, 1.807) is 55.6 Å². The number of carbonyl (C=O) groups is 2. The molecule has 1 spiro atoms. The van der Waals surface area contributed by atoms with Crippen LogP contribution < -0.4 is 26.0 Å². The van der Waals surface area contributed by atoms with Gasteiger partial charge in [-0.25, -0.2) is 4.68 Å². The second kappa shape index (κ2) is 15.8. The summed E-state index contributed by atoms with van der Waals surface area (Å²) in [5.74, 6) is -1.36. The van der Waals surface area contributed by atoms with Crippen LogP contribution in [0.15, 0.2) is 60.8 Å².